The van der Waals surface area contributed by atoms with Gasteiger partial charge in [0.1, 0.15) is 5.75 Å². The normalized spacial score (nSPS) is 16.6. The van der Waals surface area contributed by atoms with E-state index >= 15 is 0 Å². The van der Waals surface area contributed by atoms with E-state index in [9.17, 15) is 4.79 Å². The number of ether oxygens (including phenoxy) is 3. The lowest BCUT2D eigenvalue weighted by atomic mass is 10.0. The van der Waals surface area contributed by atoms with Gasteiger partial charge in [0.15, 0.2) is 11.5 Å². The van der Waals surface area contributed by atoms with E-state index in [2.05, 4.69) is 21.6 Å². The molecule has 7 nitrogen and oxygen atoms in total. The first-order valence-corrected chi connectivity index (χ1v) is 11.3. The zero-order valence-corrected chi connectivity index (χ0v) is 18.9. The summed E-state index contributed by atoms with van der Waals surface area (Å²) in [6.07, 6.45) is 4.47. The van der Waals surface area contributed by atoms with Gasteiger partial charge < -0.3 is 23.7 Å². The molecule has 1 unspecified atom stereocenters. The van der Waals surface area contributed by atoms with Crippen molar-refractivity contribution < 1.29 is 19.0 Å². The zero-order valence-electron chi connectivity index (χ0n) is 18.9. The molecule has 1 atom stereocenters. The third-order valence-corrected chi connectivity index (χ3v) is 6.42. The van der Waals surface area contributed by atoms with Gasteiger partial charge in [-0.2, -0.15) is 0 Å². The highest BCUT2D eigenvalue weighted by Gasteiger charge is 2.25. The summed E-state index contributed by atoms with van der Waals surface area (Å²) >= 11 is 0. The van der Waals surface area contributed by atoms with E-state index in [4.69, 9.17) is 14.2 Å². The molecule has 0 spiro atoms. The molecule has 2 aliphatic heterocycles. The van der Waals surface area contributed by atoms with Gasteiger partial charge in [0, 0.05) is 45.1 Å². The number of hydrogen-bond donors (Lipinski definition) is 0. The maximum absolute atomic E-state index is 13.2. The fraction of sp³-hybridized carbons (Fsp3) is 0.346. The summed E-state index contributed by atoms with van der Waals surface area (Å²) in [5.41, 5.74) is 2.30. The molecule has 172 valence electrons. The van der Waals surface area contributed by atoms with Crippen molar-refractivity contribution in [2.75, 3.05) is 40.1 Å². The maximum Gasteiger partial charge on any atom is 0.231 e. The Balaban J connectivity index is 1.19. The number of carbonyl (C=O) groups is 1. The van der Waals surface area contributed by atoms with Crippen LogP contribution in [0, 0.1) is 0 Å². The van der Waals surface area contributed by atoms with Crippen molar-refractivity contribution in [1.82, 2.24) is 14.4 Å². The molecule has 0 aliphatic carbocycles. The lowest BCUT2D eigenvalue weighted by Crippen LogP contribution is -2.48. The molecule has 1 fully saturated rings. The Kier molecular flexibility index (Phi) is 6.21. The van der Waals surface area contributed by atoms with Gasteiger partial charge in [0.2, 0.25) is 12.7 Å². The quantitative estimate of drug-likeness (QED) is 0.555. The molecule has 5 rings (SSSR count). The molecule has 1 saturated heterocycles. The number of rotatable bonds is 7. The van der Waals surface area contributed by atoms with Crippen molar-refractivity contribution >= 4 is 5.91 Å². The molecule has 7 heteroatoms. The number of piperazine rings is 1. The van der Waals surface area contributed by atoms with Crippen LogP contribution in [0.2, 0.25) is 0 Å². The second-order valence-electron chi connectivity index (χ2n) is 8.47. The molecule has 0 N–H and O–H groups in total. The standard InChI is InChI=1S/C26H29N3O4/c1-31-22-7-5-21(6-8-22)23(28-10-2-3-11-28)17-26(30)29-14-12-27(13-15-29)18-20-4-9-24-25(16-20)33-19-32-24/h2-11,16,23H,12-15,17-19H2,1H3. The molecule has 0 radical (unpaired) electrons. The Morgan fingerprint density at radius 2 is 1.70 bits per heavy atom. The molecule has 2 aliphatic rings. The lowest BCUT2D eigenvalue weighted by Gasteiger charge is -2.35. The summed E-state index contributed by atoms with van der Waals surface area (Å²) in [7, 11) is 1.66. The SMILES string of the molecule is COc1ccc(C(CC(=O)N2CCN(Cc3ccc4c(c3)OCO4)CC2)n2cccc2)cc1. The van der Waals surface area contributed by atoms with Crippen LogP contribution in [0.3, 0.4) is 0 Å². The first-order chi connectivity index (χ1) is 16.2. The van der Waals surface area contributed by atoms with Crippen LogP contribution in [0.4, 0.5) is 0 Å². The minimum absolute atomic E-state index is 0.0370. The smallest absolute Gasteiger partial charge is 0.231 e. The summed E-state index contributed by atoms with van der Waals surface area (Å²) in [5, 5.41) is 0. The Hall–Kier alpha value is -3.45. The molecular formula is C26H29N3O4. The Labute approximate surface area is 194 Å². The fourth-order valence-corrected chi connectivity index (χ4v) is 4.52. The number of fused-ring (bicyclic) bond motifs is 1. The number of nitrogens with zero attached hydrogens (tertiary/aromatic N) is 3. The zero-order chi connectivity index (χ0) is 22.6. The first kappa shape index (κ1) is 21.4. The van der Waals surface area contributed by atoms with Crippen molar-refractivity contribution in [1.29, 1.82) is 0 Å². The molecule has 3 heterocycles. The summed E-state index contributed by atoms with van der Waals surface area (Å²) in [6, 6.07) is 18.0. The predicted molar refractivity (Wildman–Crippen MR) is 125 cm³/mol. The summed E-state index contributed by atoms with van der Waals surface area (Å²) < 4.78 is 18.3. The van der Waals surface area contributed by atoms with E-state index in [0.717, 1.165) is 55.5 Å². The van der Waals surface area contributed by atoms with E-state index in [1.807, 2.05) is 59.8 Å². The van der Waals surface area contributed by atoms with Gasteiger partial charge in [0.05, 0.1) is 19.6 Å². The Morgan fingerprint density at radius 1 is 0.970 bits per heavy atom. The number of methoxy groups -OCH3 is 1. The van der Waals surface area contributed by atoms with Crippen LogP contribution < -0.4 is 14.2 Å². The average Bonchev–Trinajstić information content (AvgIpc) is 3.55. The van der Waals surface area contributed by atoms with Crippen molar-refractivity contribution in [3.63, 3.8) is 0 Å². The van der Waals surface area contributed by atoms with Crippen molar-refractivity contribution in [3.8, 4) is 17.2 Å². The summed E-state index contributed by atoms with van der Waals surface area (Å²) in [4.78, 5) is 17.6. The van der Waals surface area contributed by atoms with Crippen molar-refractivity contribution in [3.05, 3.63) is 78.1 Å². The van der Waals surface area contributed by atoms with Gasteiger partial charge in [-0.15, -0.1) is 0 Å². The van der Waals surface area contributed by atoms with Crippen LogP contribution >= 0.6 is 0 Å². The Morgan fingerprint density at radius 3 is 2.42 bits per heavy atom. The highest BCUT2D eigenvalue weighted by Crippen LogP contribution is 2.33. The average molecular weight is 448 g/mol. The molecule has 0 saturated carbocycles. The molecule has 1 amide bonds. The number of benzene rings is 2. The van der Waals surface area contributed by atoms with Gasteiger partial charge in [0.25, 0.3) is 0 Å². The molecule has 0 bridgehead atoms. The lowest BCUT2D eigenvalue weighted by molar-refractivity contribution is -0.133. The molecule has 2 aromatic carbocycles. The molecule has 33 heavy (non-hydrogen) atoms. The van der Waals surface area contributed by atoms with E-state index in [1.54, 1.807) is 7.11 Å². The van der Waals surface area contributed by atoms with Gasteiger partial charge in [-0.3, -0.25) is 9.69 Å². The van der Waals surface area contributed by atoms with E-state index in [0.29, 0.717) is 13.2 Å². The van der Waals surface area contributed by atoms with E-state index in [1.165, 1.54) is 5.56 Å². The summed E-state index contributed by atoms with van der Waals surface area (Å²) in [6.45, 7) is 4.33. The minimum Gasteiger partial charge on any atom is -0.497 e. The number of hydrogen-bond acceptors (Lipinski definition) is 5. The van der Waals surface area contributed by atoms with E-state index in [-0.39, 0.29) is 11.9 Å². The minimum atomic E-state index is -0.0370. The van der Waals surface area contributed by atoms with Gasteiger partial charge in [-0.25, -0.2) is 0 Å². The number of carbonyl (C=O) groups excluding carboxylic acids is 1. The van der Waals surface area contributed by atoms with Crippen LogP contribution in [0.1, 0.15) is 23.6 Å². The second-order valence-corrected chi connectivity index (χ2v) is 8.47. The largest absolute Gasteiger partial charge is 0.497 e. The van der Waals surface area contributed by atoms with Gasteiger partial charge >= 0.3 is 0 Å². The monoisotopic (exact) mass is 447 g/mol. The molecular weight excluding hydrogens is 418 g/mol. The maximum atomic E-state index is 13.2. The summed E-state index contributed by atoms with van der Waals surface area (Å²) in [5.74, 6) is 2.63. The van der Waals surface area contributed by atoms with Crippen molar-refractivity contribution in [2.45, 2.75) is 19.0 Å². The first-order valence-electron chi connectivity index (χ1n) is 11.3. The van der Waals surface area contributed by atoms with Gasteiger partial charge in [-0.05, 0) is 47.5 Å². The Bertz CT molecular complexity index is 1070. The highest BCUT2D eigenvalue weighted by molar-refractivity contribution is 5.77. The van der Waals surface area contributed by atoms with Crippen LogP contribution in [-0.2, 0) is 11.3 Å². The van der Waals surface area contributed by atoms with Crippen LogP contribution in [0.15, 0.2) is 67.0 Å². The van der Waals surface area contributed by atoms with Crippen LogP contribution in [0.5, 0.6) is 17.2 Å². The topological polar surface area (TPSA) is 56.2 Å². The van der Waals surface area contributed by atoms with Gasteiger partial charge in [-0.1, -0.05) is 18.2 Å². The van der Waals surface area contributed by atoms with Crippen molar-refractivity contribution in [2.24, 2.45) is 0 Å². The third-order valence-electron chi connectivity index (χ3n) is 6.42. The second kappa shape index (κ2) is 9.58. The predicted octanol–water partition coefficient (Wildman–Crippen LogP) is 3.55. The fourth-order valence-electron chi connectivity index (χ4n) is 4.52. The number of amides is 1. The third kappa shape index (κ3) is 4.83. The highest BCUT2D eigenvalue weighted by atomic mass is 16.7. The molecule has 1 aromatic heterocycles. The van der Waals surface area contributed by atoms with E-state index < -0.39 is 0 Å². The molecule has 3 aromatic rings. The van der Waals surface area contributed by atoms with Crippen LogP contribution in [-0.4, -0.2) is 60.4 Å². The number of aromatic nitrogens is 1. The van der Waals surface area contributed by atoms with Crippen LogP contribution in [0.25, 0.3) is 0 Å².